The van der Waals surface area contributed by atoms with Crippen LogP contribution in [0.2, 0.25) is 0 Å². The van der Waals surface area contributed by atoms with Gasteiger partial charge in [0.2, 0.25) is 5.91 Å². The van der Waals surface area contributed by atoms with Gasteiger partial charge in [0.15, 0.2) is 0 Å². The number of thiophene rings is 1. The van der Waals surface area contributed by atoms with Gasteiger partial charge < -0.3 is 10.5 Å². The Morgan fingerprint density at radius 3 is 2.83 bits per heavy atom. The van der Waals surface area contributed by atoms with Crippen molar-refractivity contribution in [3.05, 3.63) is 22.2 Å². The number of nitrogens with zero attached hydrogens (tertiary/aromatic N) is 2. The van der Waals surface area contributed by atoms with Gasteiger partial charge >= 0.3 is 5.97 Å². The first kappa shape index (κ1) is 16.4. The zero-order valence-electron chi connectivity index (χ0n) is 13.4. The monoisotopic (exact) mass is 347 g/mol. The zero-order valence-corrected chi connectivity index (χ0v) is 14.2. The first-order valence-corrected chi connectivity index (χ1v) is 8.47. The number of pyridine rings is 1. The average molecular weight is 347 g/mol. The molecular formula is C16H17N3O4S. The fourth-order valence-electron chi connectivity index (χ4n) is 2.69. The number of nitrogens with two attached hydrogens (primary N) is 1. The number of aryl methyl sites for hydroxylation is 1. The van der Waals surface area contributed by atoms with Crippen molar-refractivity contribution in [3.63, 3.8) is 0 Å². The van der Waals surface area contributed by atoms with Crippen molar-refractivity contribution in [1.82, 2.24) is 9.88 Å². The quantitative estimate of drug-likeness (QED) is 0.674. The number of fused-ring (bicyclic) bond motifs is 1. The number of esters is 1. The molecule has 7 nitrogen and oxygen atoms in total. The standard InChI is InChI=1S/C16H17N3O4S/c1-3-23-16(22)9-7-10-12(17)13(24-14(10)18-8(9)2)15(21)19-6-4-5-11(19)20/h7H,3-6,17H2,1-2H3. The third-order valence-electron chi connectivity index (χ3n) is 3.92. The summed E-state index contributed by atoms with van der Waals surface area (Å²) in [5.74, 6) is -1.06. The molecule has 0 spiro atoms. The molecule has 0 aliphatic carbocycles. The SMILES string of the molecule is CCOC(=O)c1cc2c(N)c(C(=O)N3CCCC3=O)sc2nc1C. The number of ether oxygens (including phenoxy) is 1. The fraction of sp³-hybridized carbons (Fsp3) is 0.375. The summed E-state index contributed by atoms with van der Waals surface area (Å²) in [5.41, 5.74) is 7.19. The van der Waals surface area contributed by atoms with Gasteiger partial charge in [-0.05, 0) is 26.3 Å². The van der Waals surface area contributed by atoms with Crippen LogP contribution < -0.4 is 5.73 Å². The van der Waals surface area contributed by atoms with Crippen LogP contribution in [0.1, 0.15) is 45.5 Å². The number of carbonyl (C=O) groups excluding carboxylic acids is 3. The van der Waals surface area contributed by atoms with Gasteiger partial charge in [0.25, 0.3) is 5.91 Å². The minimum Gasteiger partial charge on any atom is -0.462 e. The van der Waals surface area contributed by atoms with Gasteiger partial charge in [0, 0.05) is 18.4 Å². The summed E-state index contributed by atoms with van der Waals surface area (Å²) >= 11 is 1.14. The van der Waals surface area contributed by atoms with E-state index in [0.717, 1.165) is 11.3 Å². The molecule has 1 aliphatic rings. The molecule has 3 heterocycles. The van der Waals surface area contributed by atoms with Gasteiger partial charge in [0.1, 0.15) is 9.71 Å². The molecule has 0 unspecified atom stereocenters. The van der Waals surface area contributed by atoms with Crippen molar-refractivity contribution in [2.24, 2.45) is 0 Å². The van der Waals surface area contributed by atoms with Crippen molar-refractivity contribution in [3.8, 4) is 0 Å². The second kappa shape index (κ2) is 6.20. The van der Waals surface area contributed by atoms with E-state index in [1.54, 1.807) is 19.9 Å². The third kappa shape index (κ3) is 2.62. The van der Waals surface area contributed by atoms with E-state index in [9.17, 15) is 14.4 Å². The van der Waals surface area contributed by atoms with Gasteiger partial charge in [-0.15, -0.1) is 11.3 Å². The Labute approximate surface area is 142 Å². The topological polar surface area (TPSA) is 103 Å². The lowest BCUT2D eigenvalue weighted by molar-refractivity contribution is -0.125. The van der Waals surface area contributed by atoms with Crippen LogP contribution in [-0.4, -0.2) is 40.8 Å². The maximum atomic E-state index is 12.6. The van der Waals surface area contributed by atoms with Crippen LogP contribution in [0.25, 0.3) is 10.2 Å². The number of rotatable bonds is 3. The number of likely N-dealkylation sites (tertiary alicyclic amines) is 1. The molecule has 0 saturated carbocycles. The molecule has 0 bridgehead atoms. The second-order valence-corrected chi connectivity index (χ2v) is 6.49. The Kier molecular flexibility index (Phi) is 4.23. The smallest absolute Gasteiger partial charge is 0.339 e. The Balaban J connectivity index is 2.06. The van der Waals surface area contributed by atoms with E-state index in [2.05, 4.69) is 4.98 Å². The third-order valence-corrected chi connectivity index (χ3v) is 5.02. The van der Waals surface area contributed by atoms with Gasteiger partial charge in [-0.25, -0.2) is 9.78 Å². The van der Waals surface area contributed by atoms with Crippen molar-refractivity contribution >= 4 is 45.0 Å². The Morgan fingerprint density at radius 2 is 2.21 bits per heavy atom. The molecular weight excluding hydrogens is 330 g/mol. The maximum absolute atomic E-state index is 12.6. The number of carbonyl (C=O) groups is 3. The van der Waals surface area contributed by atoms with Gasteiger partial charge in [-0.3, -0.25) is 14.5 Å². The molecule has 2 N–H and O–H groups in total. The summed E-state index contributed by atoms with van der Waals surface area (Å²) in [6.07, 6.45) is 1.04. The van der Waals surface area contributed by atoms with E-state index < -0.39 is 11.9 Å². The number of hydrogen-bond donors (Lipinski definition) is 1. The predicted molar refractivity (Wildman–Crippen MR) is 90.0 cm³/mol. The predicted octanol–water partition coefficient (Wildman–Crippen LogP) is 2.13. The van der Waals surface area contributed by atoms with Crippen LogP contribution >= 0.6 is 11.3 Å². The van der Waals surface area contributed by atoms with Crippen LogP contribution in [0.5, 0.6) is 0 Å². The van der Waals surface area contributed by atoms with Gasteiger partial charge in [-0.1, -0.05) is 0 Å². The fourth-order valence-corrected chi connectivity index (χ4v) is 3.76. The molecule has 8 heteroatoms. The Morgan fingerprint density at radius 1 is 1.46 bits per heavy atom. The summed E-state index contributed by atoms with van der Waals surface area (Å²) in [4.78, 5) is 42.8. The van der Waals surface area contributed by atoms with Crippen molar-refractivity contribution in [2.45, 2.75) is 26.7 Å². The Hall–Kier alpha value is -2.48. The number of nitrogen functional groups attached to an aromatic ring is 1. The first-order chi connectivity index (χ1) is 11.4. The Bertz CT molecular complexity index is 859. The lowest BCUT2D eigenvalue weighted by atomic mass is 10.1. The average Bonchev–Trinajstić information content (AvgIpc) is 3.10. The summed E-state index contributed by atoms with van der Waals surface area (Å²) in [5, 5.41) is 0.531. The summed E-state index contributed by atoms with van der Waals surface area (Å²) in [6.45, 7) is 4.09. The molecule has 0 radical (unpaired) electrons. The van der Waals surface area contributed by atoms with E-state index in [-0.39, 0.29) is 23.1 Å². The highest BCUT2D eigenvalue weighted by Gasteiger charge is 2.30. The second-order valence-electron chi connectivity index (χ2n) is 5.49. The first-order valence-electron chi connectivity index (χ1n) is 7.65. The van der Waals surface area contributed by atoms with Crippen LogP contribution in [0.3, 0.4) is 0 Å². The number of aromatic nitrogens is 1. The van der Waals surface area contributed by atoms with E-state index in [1.807, 2.05) is 0 Å². The summed E-state index contributed by atoms with van der Waals surface area (Å²) in [6, 6.07) is 1.60. The van der Waals surface area contributed by atoms with Crippen molar-refractivity contribution in [1.29, 1.82) is 0 Å². The molecule has 3 rings (SSSR count). The zero-order chi connectivity index (χ0) is 17.4. The van der Waals surface area contributed by atoms with E-state index in [4.69, 9.17) is 10.5 Å². The lowest BCUT2D eigenvalue weighted by Gasteiger charge is -2.12. The van der Waals surface area contributed by atoms with Gasteiger partial charge in [-0.2, -0.15) is 0 Å². The summed E-state index contributed by atoms with van der Waals surface area (Å²) in [7, 11) is 0. The van der Waals surface area contributed by atoms with E-state index >= 15 is 0 Å². The molecule has 126 valence electrons. The van der Waals surface area contributed by atoms with Crippen LogP contribution in [0.4, 0.5) is 5.69 Å². The molecule has 24 heavy (non-hydrogen) atoms. The molecule has 1 fully saturated rings. The van der Waals surface area contributed by atoms with E-state index in [1.165, 1.54) is 4.90 Å². The molecule has 0 aromatic carbocycles. The number of amides is 2. The summed E-state index contributed by atoms with van der Waals surface area (Å²) < 4.78 is 5.01. The minimum atomic E-state index is -0.474. The molecule has 0 atom stereocenters. The minimum absolute atomic E-state index is 0.187. The van der Waals surface area contributed by atoms with Crippen LogP contribution in [0, 0.1) is 6.92 Å². The molecule has 1 aliphatic heterocycles. The molecule has 2 aromatic rings. The highest BCUT2D eigenvalue weighted by Crippen LogP contribution is 2.35. The lowest BCUT2D eigenvalue weighted by Crippen LogP contribution is -2.31. The number of imide groups is 1. The largest absolute Gasteiger partial charge is 0.462 e. The number of hydrogen-bond acceptors (Lipinski definition) is 7. The molecule has 2 amide bonds. The highest BCUT2D eigenvalue weighted by atomic mass is 32.1. The molecule has 2 aromatic heterocycles. The highest BCUT2D eigenvalue weighted by molar-refractivity contribution is 7.21. The molecule has 1 saturated heterocycles. The normalized spacial score (nSPS) is 14.4. The van der Waals surface area contributed by atoms with E-state index in [0.29, 0.717) is 40.9 Å². The maximum Gasteiger partial charge on any atom is 0.339 e. The van der Waals surface area contributed by atoms with Gasteiger partial charge in [0.05, 0.1) is 23.6 Å². The number of anilines is 1. The van der Waals surface area contributed by atoms with Crippen LogP contribution in [0.15, 0.2) is 6.07 Å². The van der Waals surface area contributed by atoms with Crippen LogP contribution in [-0.2, 0) is 9.53 Å². The van der Waals surface area contributed by atoms with Crippen molar-refractivity contribution in [2.75, 3.05) is 18.9 Å². The van der Waals surface area contributed by atoms with Crippen molar-refractivity contribution < 1.29 is 19.1 Å².